The van der Waals surface area contributed by atoms with E-state index < -0.39 is 0 Å². The van der Waals surface area contributed by atoms with Crippen LogP contribution in [-0.4, -0.2) is 38.9 Å². The summed E-state index contributed by atoms with van der Waals surface area (Å²) in [5, 5.41) is 12.7. The van der Waals surface area contributed by atoms with Crippen LogP contribution in [0.15, 0.2) is 29.6 Å². The van der Waals surface area contributed by atoms with Gasteiger partial charge in [-0.3, -0.25) is 9.69 Å². The molecule has 4 rings (SSSR count). The Hall–Kier alpha value is -2.46. The van der Waals surface area contributed by atoms with Gasteiger partial charge in [0.15, 0.2) is 5.78 Å². The van der Waals surface area contributed by atoms with E-state index in [1.807, 2.05) is 31.4 Å². The molecule has 2 aromatic heterocycles. The molecule has 0 N–H and O–H groups in total. The number of likely N-dealkylation sites (tertiary alicyclic amines) is 1. The number of nitriles is 1. The van der Waals surface area contributed by atoms with Gasteiger partial charge in [0.25, 0.3) is 0 Å². The lowest BCUT2D eigenvalue weighted by Gasteiger charge is -2.26. The Morgan fingerprint density at radius 3 is 2.61 bits per heavy atom. The Kier molecular flexibility index (Phi) is 7.04. The van der Waals surface area contributed by atoms with Crippen molar-refractivity contribution in [3.63, 3.8) is 0 Å². The SMILES string of the molecule is CCC1CCC(C)N1CC(=O)c1c(Cl)c(Cc2csc(C)n2)n(-c2ccc(C#N)cc2)c1C. The first kappa shape index (κ1) is 23.7. The van der Waals surface area contributed by atoms with Crippen LogP contribution in [0.3, 0.4) is 0 Å². The van der Waals surface area contributed by atoms with E-state index in [1.165, 1.54) is 0 Å². The van der Waals surface area contributed by atoms with Gasteiger partial charge in [0.2, 0.25) is 0 Å². The third-order valence-corrected chi connectivity index (χ3v) is 7.97. The maximum atomic E-state index is 13.6. The van der Waals surface area contributed by atoms with Crippen LogP contribution in [-0.2, 0) is 6.42 Å². The van der Waals surface area contributed by atoms with E-state index in [0.717, 1.165) is 47.0 Å². The van der Waals surface area contributed by atoms with Gasteiger partial charge in [-0.25, -0.2) is 4.98 Å². The van der Waals surface area contributed by atoms with Crippen molar-refractivity contribution >= 4 is 28.7 Å². The molecule has 0 spiro atoms. The van der Waals surface area contributed by atoms with E-state index in [-0.39, 0.29) is 5.78 Å². The van der Waals surface area contributed by atoms with E-state index in [2.05, 4.69) is 34.4 Å². The summed E-state index contributed by atoms with van der Waals surface area (Å²) >= 11 is 8.55. The number of nitrogens with zero attached hydrogens (tertiary/aromatic N) is 4. The molecular weight excluding hydrogens is 452 g/mol. The molecule has 2 unspecified atom stereocenters. The summed E-state index contributed by atoms with van der Waals surface area (Å²) < 4.78 is 2.05. The fourth-order valence-electron chi connectivity index (χ4n) is 4.99. The molecule has 1 aliphatic heterocycles. The number of carbonyl (C=O) groups excluding carboxylic acids is 1. The predicted molar refractivity (Wildman–Crippen MR) is 134 cm³/mol. The van der Waals surface area contributed by atoms with Gasteiger partial charge in [-0.1, -0.05) is 18.5 Å². The highest BCUT2D eigenvalue weighted by Crippen LogP contribution is 2.34. The zero-order chi connectivity index (χ0) is 23.7. The van der Waals surface area contributed by atoms with Gasteiger partial charge < -0.3 is 4.57 Å². The van der Waals surface area contributed by atoms with E-state index >= 15 is 0 Å². The average molecular weight is 481 g/mol. The number of carbonyl (C=O) groups is 1. The van der Waals surface area contributed by atoms with E-state index in [0.29, 0.717) is 41.2 Å². The minimum absolute atomic E-state index is 0.0628. The Balaban J connectivity index is 1.77. The van der Waals surface area contributed by atoms with Crippen molar-refractivity contribution < 1.29 is 4.79 Å². The molecule has 0 saturated carbocycles. The number of aromatic nitrogens is 2. The van der Waals surface area contributed by atoms with Crippen LogP contribution in [0.1, 0.15) is 71.1 Å². The molecule has 1 fully saturated rings. The third-order valence-electron chi connectivity index (χ3n) is 6.74. The zero-order valence-corrected chi connectivity index (χ0v) is 21.1. The summed E-state index contributed by atoms with van der Waals surface area (Å²) in [6.45, 7) is 8.71. The molecule has 0 radical (unpaired) electrons. The van der Waals surface area contributed by atoms with Crippen LogP contribution < -0.4 is 0 Å². The molecule has 33 heavy (non-hydrogen) atoms. The summed E-state index contributed by atoms with van der Waals surface area (Å²) in [4.78, 5) is 20.6. The first-order valence-corrected chi connectivity index (χ1v) is 12.7. The molecular formula is C26H29ClN4OS. The van der Waals surface area contributed by atoms with E-state index in [4.69, 9.17) is 11.6 Å². The minimum Gasteiger partial charge on any atom is -0.316 e. The number of rotatable bonds is 7. The average Bonchev–Trinajstić information content (AvgIpc) is 3.45. The van der Waals surface area contributed by atoms with Crippen molar-refractivity contribution in [2.45, 2.75) is 65.5 Å². The van der Waals surface area contributed by atoms with Crippen molar-refractivity contribution in [1.82, 2.24) is 14.5 Å². The first-order chi connectivity index (χ1) is 15.8. The van der Waals surface area contributed by atoms with Gasteiger partial charge in [0.05, 0.1) is 39.5 Å². The second-order valence-electron chi connectivity index (χ2n) is 8.83. The number of hydrogen-bond donors (Lipinski definition) is 0. The molecule has 1 aliphatic rings. The lowest BCUT2D eigenvalue weighted by atomic mass is 10.1. The Bertz CT molecular complexity index is 1200. The van der Waals surface area contributed by atoms with Crippen LogP contribution in [0.4, 0.5) is 0 Å². The van der Waals surface area contributed by atoms with E-state index in [9.17, 15) is 10.1 Å². The normalized spacial score (nSPS) is 18.5. The summed E-state index contributed by atoms with van der Waals surface area (Å²) in [6.07, 6.45) is 3.84. The van der Waals surface area contributed by atoms with Crippen molar-refractivity contribution in [1.29, 1.82) is 5.26 Å². The molecule has 0 amide bonds. The van der Waals surface area contributed by atoms with Gasteiger partial charge in [0, 0.05) is 41.0 Å². The number of Topliss-reactive ketones (excluding diaryl/α,β-unsaturated/α-hetero) is 1. The zero-order valence-electron chi connectivity index (χ0n) is 19.6. The Morgan fingerprint density at radius 2 is 2.00 bits per heavy atom. The number of halogens is 1. The standard InChI is InChI=1S/C26H29ClN4OS/c1-5-21-9-6-16(2)30(21)14-24(32)25-17(3)31(22-10-7-19(13-28)8-11-22)23(26(25)27)12-20-15-33-18(4)29-20/h7-8,10-11,15-16,21H,5-6,9,12,14H2,1-4H3. The smallest absolute Gasteiger partial charge is 0.180 e. The molecule has 3 aromatic rings. The fourth-order valence-corrected chi connectivity index (χ4v) is 5.99. The fraction of sp³-hybridized carbons (Fsp3) is 0.423. The van der Waals surface area contributed by atoms with E-state index in [1.54, 1.807) is 23.5 Å². The summed E-state index contributed by atoms with van der Waals surface area (Å²) in [7, 11) is 0. The van der Waals surface area contributed by atoms with Crippen LogP contribution in [0.25, 0.3) is 5.69 Å². The largest absolute Gasteiger partial charge is 0.316 e. The maximum Gasteiger partial charge on any atom is 0.180 e. The van der Waals surface area contributed by atoms with Crippen LogP contribution in [0.5, 0.6) is 0 Å². The predicted octanol–water partition coefficient (Wildman–Crippen LogP) is 6.11. The number of thiazole rings is 1. The highest BCUT2D eigenvalue weighted by molar-refractivity contribution is 7.09. The minimum atomic E-state index is 0.0628. The van der Waals surface area contributed by atoms with Crippen LogP contribution in [0.2, 0.25) is 5.02 Å². The van der Waals surface area contributed by atoms with Gasteiger partial charge in [0.1, 0.15) is 0 Å². The van der Waals surface area contributed by atoms with Crippen LogP contribution >= 0.6 is 22.9 Å². The Morgan fingerprint density at radius 1 is 1.27 bits per heavy atom. The summed E-state index contributed by atoms with van der Waals surface area (Å²) in [5.41, 5.74) is 4.69. The number of ketones is 1. The topological polar surface area (TPSA) is 61.9 Å². The highest BCUT2D eigenvalue weighted by Gasteiger charge is 2.33. The molecule has 7 heteroatoms. The summed E-state index contributed by atoms with van der Waals surface area (Å²) in [6, 6.07) is 10.4. The maximum absolute atomic E-state index is 13.6. The molecule has 0 aliphatic carbocycles. The number of benzene rings is 1. The van der Waals surface area contributed by atoms with Crippen molar-refractivity contribution in [2.24, 2.45) is 0 Å². The van der Waals surface area contributed by atoms with Gasteiger partial charge in [-0.2, -0.15) is 5.26 Å². The molecule has 3 heterocycles. The molecule has 2 atom stereocenters. The number of hydrogen-bond acceptors (Lipinski definition) is 5. The molecule has 5 nitrogen and oxygen atoms in total. The van der Waals surface area contributed by atoms with Crippen LogP contribution in [0, 0.1) is 25.2 Å². The summed E-state index contributed by atoms with van der Waals surface area (Å²) in [5.74, 6) is 0.0628. The molecule has 1 saturated heterocycles. The Labute approximate surface area is 204 Å². The lowest BCUT2D eigenvalue weighted by molar-refractivity contribution is 0.0888. The third kappa shape index (κ3) is 4.63. The highest BCUT2D eigenvalue weighted by atomic mass is 35.5. The molecule has 1 aromatic carbocycles. The monoisotopic (exact) mass is 480 g/mol. The van der Waals surface area contributed by atoms with Crippen molar-refractivity contribution in [2.75, 3.05) is 6.54 Å². The quantitative estimate of drug-likeness (QED) is 0.382. The van der Waals surface area contributed by atoms with Crippen molar-refractivity contribution in [3.05, 3.63) is 67.9 Å². The molecule has 0 bridgehead atoms. The first-order valence-electron chi connectivity index (χ1n) is 11.4. The van der Waals surface area contributed by atoms with Gasteiger partial charge >= 0.3 is 0 Å². The van der Waals surface area contributed by atoms with Gasteiger partial charge in [-0.05, 0) is 64.3 Å². The second kappa shape index (κ2) is 9.80. The van der Waals surface area contributed by atoms with Gasteiger partial charge in [-0.15, -0.1) is 11.3 Å². The van der Waals surface area contributed by atoms with Crippen molar-refractivity contribution in [3.8, 4) is 11.8 Å². The molecule has 172 valence electrons. The number of aryl methyl sites for hydroxylation is 1. The second-order valence-corrected chi connectivity index (χ2v) is 10.3. The lowest BCUT2D eigenvalue weighted by Crippen LogP contribution is -2.38.